The van der Waals surface area contributed by atoms with Gasteiger partial charge in [0.2, 0.25) is 0 Å². The predicted octanol–water partition coefficient (Wildman–Crippen LogP) is 2.52. The number of hydrogen-bond acceptors (Lipinski definition) is 7. The van der Waals surface area contributed by atoms with Crippen LogP contribution in [0.15, 0.2) is 42.4 Å². The summed E-state index contributed by atoms with van der Waals surface area (Å²) in [5.41, 5.74) is 4.90. The summed E-state index contributed by atoms with van der Waals surface area (Å²) >= 11 is 1.38. The van der Waals surface area contributed by atoms with Gasteiger partial charge >= 0.3 is 0 Å². The van der Waals surface area contributed by atoms with Crippen LogP contribution < -0.4 is 0 Å². The molecule has 1 amide bonds. The lowest BCUT2D eigenvalue weighted by Gasteiger charge is -2.32. The number of rotatable bonds is 3. The number of morpholine rings is 1. The molecule has 1 aliphatic rings. The zero-order chi connectivity index (χ0) is 17.9. The van der Waals surface area contributed by atoms with Crippen molar-refractivity contribution in [1.82, 2.24) is 24.8 Å². The molecular weight excluding hydrogens is 350 g/mol. The largest absolute Gasteiger partial charge is 0.368 e. The van der Waals surface area contributed by atoms with Crippen LogP contribution in [0.4, 0.5) is 0 Å². The average molecular weight is 367 g/mol. The van der Waals surface area contributed by atoms with Crippen LogP contribution in [-0.4, -0.2) is 50.4 Å². The molecule has 26 heavy (non-hydrogen) atoms. The van der Waals surface area contributed by atoms with Crippen molar-refractivity contribution in [3.63, 3.8) is 0 Å². The summed E-state index contributed by atoms with van der Waals surface area (Å²) in [7, 11) is 0. The fourth-order valence-corrected chi connectivity index (χ4v) is 3.66. The number of aromatic nitrogens is 4. The Morgan fingerprint density at radius 3 is 2.92 bits per heavy atom. The maximum Gasteiger partial charge on any atom is 0.266 e. The molecule has 4 heterocycles. The van der Waals surface area contributed by atoms with Crippen LogP contribution in [0.25, 0.3) is 11.3 Å². The summed E-state index contributed by atoms with van der Waals surface area (Å²) in [6.07, 6.45) is 4.68. The zero-order valence-corrected chi connectivity index (χ0v) is 15.0. The van der Waals surface area contributed by atoms with Crippen molar-refractivity contribution < 1.29 is 9.53 Å². The number of carbonyl (C=O) groups excluding carboxylic acids is 1. The van der Waals surface area contributed by atoms with E-state index in [2.05, 4.69) is 19.9 Å². The molecule has 1 saturated heterocycles. The highest BCUT2D eigenvalue weighted by Gasteiger charge is 2.28. The maximum absolute atomic E-state index is 12.8. The van der Waals surface area contributed by atoms with Crippen molar-refractivity contribution in [2.75, 3.05) is 19.7 Å². The first-order chi connectivity index (χ1) is 12.7. The fourth-order valence-electron chi connectivity index (χ4n) is 2.89. The third-order valence-corrected chi connectivity index (χ3v) is 5.17. The third-order valence-electron chi connectivity index (χ3n) is 4.25. The van der Waals surface area contributed by atoms with Gasteiger partial charge in [-0.05, 0) is 19.1 Å². The monoisotopic (exact) mass is 367 g/mol. The molecule has 7 nitrogen and oxygen atoms in total. The summed E-state index contributed by atoms with van der Waals surface area (Å²) < 4.78 is 5.88. The number of amides is 1. The van der Waals surface area contributed by atoms with E-state index >= 15 is 0 Å². The van der Waals surface area contributed by atoms with Gasteiger partial charge in [-0.3, -0.25) is 4.79 Å². The lowest BCUT2D eigenvalue weighted by atomic mass is 10.1. The van der Waals surface area contributed by atoms with Crippen LogP contribution in [0.1, 0.15) is 27.2 Å². The van der Waals surface area contributed by atoms with Gasteiger partial charge in [0, 0.05) is 24.5 Å². The Morgan fingerprint density at radius 2 is 2.15 bits per heavy atom. The molecule has 0 saturated carbocycles. The number of thiazole rings is 1. The Kier molecular flexibility index (Phi) is 4.68. The molecule has 8 heteroatoms. The van der Waals surface area contributed by atoms with E-state index in [0.29, 0.717) is 24.6 Å². The second-order valence-corrected chi connectivity index (χ2v) is 6.81. The summed E-state index contributed by atoms with van der Waals surface area (Å²) in [5.74, 6) is 0.00548. The molecular formula is C18H17N5O2S. The average Bonchev–Trinajstić information content (AvgIpc) is 3.14. The maximum atomic E-state index is 12.8. The van der Waals surface area contributed by atoms with E-state index in [1.54, 1.807) is 17.9 Å². The molecule has 3 aromatic rings. The Bertz CT molecular complexity index is 915. The molecule has 0 radical (unpaired) electrons. The molecule has 1 atom stereocenters. The third kappa shape index (κ3) is 3.33. The Hall–Kier alpha value is -2.71. The molecule has 0 bridgehead atoms. The van der Waals surface area contributed by atoms with Crippen molar-refractivity contribution >= 4 is 17.2 Å². The van der Waals surface area contributed by atoms with Crippen molar-refractivity contribution in [3.8, 4) is 11.3 Å². The van der Waals surface area contributed by atoms with Crippen LogP contribution in [0.5, 0.6) is 0 Å². The van der Waals surface area contributed by atoms with E-state index in [1.807, 2.05) is 30.0 Å². The molecule has 0 aromatic carbocycles. The van der Waals surface area contributed by atoms with Gasteiger partial charge in [-0.1, -0.05) is 6.07 Å². The number of nitrogens with zero attached hydrogens (tertiary/aromatic N) is 5. The number of pyridine rings is 1. The minimum atomic E-state index is -0.259. The lowest BCUT2D eigenvalue weighted by Crippen LogP contribution is -2.42. The summed E-state index contributed by atoms with van der Waals surface area (Å²) in [6.45, 7) is 3.38. The van der Waals surface area contributed by atoms with Gasteiger partial charge in [-0.15, -0.1) is 11.3 Å². The molecule has 132 valence electrons. The second kappa shape index (κ2) is 7.27. The van der Waals surface area contributed by atoms with Gasteiger partial charge in [-0.25, -0.2) is 19.9 Å². The lowest BCUT2D eigenvalue weighted by molar-refractivity contribution is -0.0245. The minimum absolute atomic E-state index is 0.00548. The molecule has 4 rings (SSSR count). The molecule has 1 aliphatic heterocycles. The summed E-state index contributed by atoms with van der Waals surface area (Å²) in [4.78, 5) is 32.2. The van der Waals surface area contributed by atoms with E-state index in [1.165, 1.54) is 17.7 Å². The second-order valence-electron chi connectivity index (χ2n) is 5.95. The van der Waals surface area contributed by atoms with Gasteiger partial charge in [0.1, 0.15) is 17.3 Å². The summed E-state index contributed by atoms with van der Waals surface area (Å²) in [6, 6.07) is 5.76. The van der Waals surface area contributed by atoms with Crippen molar-refractivity contribution in [3.05, 3.63) is 58.7 Å². The molecule has 1 fully saturated rings. The van der Waals surface area contributed by atoms with Crippen LogP contribution in [0, 0.1) is 6.92 Å². The smallest absolute Gasteiger partial charge is 0.266 e. The van der Waals surface area contributed by atoms with Gasteiger partial charge < -0.3 is 9.64 Å². The van der Waals surface area contributed by atoms with E-state index in [9.17, 15) is 4.79 Å². The van der Waals surface area contributed by atoms with Crippen molar-refractivity contribution in [1.29, 1.82) is 0 Å². The van der Waals surface area contributed by atoms with Crippen molar-refractivity contribution in [2.24, 2.45) is 0 Å². The first-order valence-electron chi connectivity index (χ1n) is 8.25. The van der Waals surface area contributed by atoms with Gasteiger partial charge in [0.05, 0.1) is 35.7 Å². The molecule has 0 aliphatic carbocycles. The predicted molar refractivity (Wildman–Crippen MR) is 96.7 cm³/mol. The SMILES string of the molecule is Cc1ncsc1C(=O)N1CCO[C@@H](c2cccc(-c3cncnc3)n2)C1. The van der Waals surface area contributed by atoms with Crippen LogP contribution >= 0.6 is 11.3 Å². The Labute approximate surface area is 154 Å². The Morgan fingerprint density at radius 1 is 1.31 bits per heavy atom. The van der Waals surface area contributed by atoms with Gasteiger partial charge in [-0.2, -0.15) is 0 Å². The first-order valence-corrected chi connectivity index (χ1v) is 9.13. The highest BCUT2D eigenvalue weighted by atomic mass is 32.1. The standard InChI is InChI=1S/C18H17N5O2S/c1-12-17(26-11-21-12)18(24)23-5-6-25-16(9-23)15-4-2-3-14(22-15)13-7-19-10-20-8-13/h2-4,7-8,10-11,16H,5-6,9H2,1H3/t16-/m1/s1. The number of hydrogen-bond donors (Lipinski definition) is 0. The van der Waals surface area contributed by atoms with E-state index < -0.39 is 0 Å². The minimum Gasteiger partial charge on any atom is -0.368 e. The highest BCUT2D eigenvalue weighted by molar-refractivity contribution is 7.11. The summed E-state index contributed by atoms with van der Waals surface area (Å²) in [5, 5.41) is 0. The Balaban J connectivity index is 1.55. The van der Waals surface area contributed by atoms with Crippen LogP contribution in [-0.2, 0) is 4.74 Å². The quantitative estimate of drug-likeness (QED) is 0.708. The number of aryl methyl sites for hydroxylation is 1. The van der Waals surface area contributed by atoms with Gasteiger partial charge in [0.25, 0.3) is 5.91 Å². The van der Waals surface area contributed by atoms with E-state index in [4.69, 9.17) is 4.74 Å². The number of ether oxygens (including phenoxy) is 1. The normalized spacial score (nSPS) is 17.3. The fraction of sp³-hybridized carbons (Fsp3) is 0.278. The van der Waals surface area contributed by atoms with Crippen LogP contribution in [0.3, 0.4) is 0 Å². The molecule has 0 N–H and O–H groups in total. The molecule has 0 spiro atoms. The molecule has 3 aromatic heterocycles. The van der Waals surface area contributed by atoms with Crippen LogP contribution in [0.2, 0.25) is 0 Å². The van der Waals surface area contributed by atoms with E-state index in [-0.39, 0.29) is 12.0 Å². The highest BCUT2D eigenvalue weighted by Crippen LogP contribution is 2.25. The number of carbonyl (C=O) groups is 1. The zero-order valence-electron chi connectivity index (χ0n) is 14.2. The molecule has 0 unspecified atom stereocenters. The van der Waals surface area contributed by atoms with E-state index in [0.717, 1.165) is 22.6 Å². The van der Waals surface area contributed by atoms with Crippen molar-refractivity contribution in [2.45, 2.75) is 13.0 Å². The first kappa shape index (κ1) is 16.7. The van der Waals surface area contributed by atoms with Gasteiger partial charge in [0.15, 0.2) is 0 Å². The topological polar surface area (TPSA) is 81.1 Å².